The van der Waals surface area contributed by atoms with E-state index in [1.54, 1.807) is 63.4 Å². The van der Waals surface area contributed by atoms with Crippen LogP contribution in [0, 0.1) is 0 Å². The Kier molecular flexibility index (Phi) is 6.40. The van der Waals surface area contributed by atoms with Crippen molar-refractivity contribution in [3.63, 3.8) is 0 Å². The highest BCUT2D eigenvalue weighted by atomic mass is 35.5. The molecule has 0 amide bonds. The van der Waals surface area contributed by atoms with Gasteiger partial charge in [0.1, 0.15) is 11.5 Å². The lowest BCUT2D eigenvalue weighted by molar-refractivity contribution is -0.139. The minimum Gasteiger partial charge on any atom is -0.507 e. The smallest absolute Gasteiger partial charge is 0.338 e. The van der Waals surface area contributed by atoms with Crippen LogP contribution in [-0.4, -0.2) is 29.4 Å². The summed E-state index contributed by atoms with van der Waals surface area (Å²) in [5.41, 5.74) is 1.56. The molecule has 0 aliphatic carbocycles. The highest BCUT2D eigenvalue weighted by Crippen LogP contribution is 2.31. The second-order valence-corrected chi connectivity index (χ2v) is 8.72. The van der Waals surface area contributed by atoms with Gasteiger partial charge in [0.2, 0.25) is 0 Å². The molecule has 1 atom stereocenters. The van der Waals surface area contributed by atoms with Gasteiger partial charge in [0.15, 0.2) is 4.80 Å². The van der Waals surface area contributed by atoms with Gasteiger partial charge >= 0.3 is 5.97 Å². The second kappa shape index (κ2) is 9.25. The van der Waals surface area contributed by atoms with Crippen LogP contribution in [0.15, 0.2) is 63.5 Å². The summed E-state index contributed by atoms with van der Waals surface area (Å²) in [5, 5.41) is 10.6. The number of esters is 1. The van der Waals surface area contributed by atoms with Gasteiger partial charge in [0, 0.05) is 10.6 Å². The van der Waals surface area contributed by atoms with Crippen LogP contribution in [0.3, 0.4) is 0 Å². The second-order valence-electron chi connectivity index (χ2n) is 7.28. The number of carbonyl (C=O) groups excluding carboxylic acids is 1. The topological polar surface area (TPSA) is 90.1 Å². The number of thiazole rings is 1. The molecule has 2 aromatic carbocycles. The standard InChI is InChI=1S/C24H21ClN2O5S/c1-4-32-23(30)20-13(2)26-24-27(21(20)14-5-8-17(31-3)9-6-14)22(29)19(33-24)12-15-11-16(25)7-10-18(15)28/h5-12,21,28H,4H2,1-3H3/b19-12-/t21-/m1/s1. The van der Waals surface area contributed by atoms with E-state index in [0.717, 1.165) is 0 Å². The molecule has 0 saturated carbocycles. The number of carbonyl (C=O) groups is 1. The minimum absolute atomic E-state index is 0.000309. The molecular formula is C24H21ClN2O5S. The maximum Gasteiger partial charge on any atom is 0.338 e. The largest absolute Gasteiger partial charge is 0.507 e. The quantitative estimate of drug-likeness (QED) is 0.562. The first-order valence-corrected chi connectivity index (χ1v) is 11.4. The lowest BCUT2D eigenvalue weighted by atomic mass is 9.96. The molecule has 0 spiro atoms. The van der Waals surface area contributed by atoms with E-state index >= 15 is 0 Å². The number of aromatic hydroxyl groups is 1. The molecule has 0 radical (unpaired) electrons. The monoisotopic (exact) mass is 484 g/mol. The fourth-order valence-corrected chi connectivity index (χ4v) is 4.89. The zero-order valence-electron chi connectivity index (χ0n) is 18.2. The van der Waals surface area contributed by atoms with Crippen molar-refractivity contribution in [3.05, 3.63) is 89.6 Å². The number of fused-ring (bicyclic) bond motifs is 1. The third-order valence-electron chi connectivity index (χ3n) is 5.22. The van der Waals surface area contributed by atoms with Gasteiger partial charge in [-0.1, -0.05) is 35.1 Å². The molecule has 9 heteroatoms. The van der Waals surface area contributed by atoms with Crippen molar-refractivity contribution < 1.29 is 19.4 Å². The molecule has 0 saturated heterocycles. The van der Waals surface area contributed by atoms with Crippen molar-refractivity contribution in [3.8, 4) is 11.5 Å². The molecule has 1 aliphatic rings. The van der Waals surface area contributed by atoms with Crippen molar-refractivity contribution in [2.24, 2.45) is 4.99 Å². The molecular weight excluding hydrogens is 464 g/mol. The number of phenols is 1. The third-order valence-corrected chi connectivity index (χ3v) is 6.44. The lowest BCUT2D eigenvalue weighted by Gasteiger charge is -2.24. The van der Waals surface area contributed by atoms with E-state index in [9.17, 15) is 14.7 Å². The maximum atomic E-state index is 13.5. The summed E-state index contributed by atoms with van der Waals surface area (Å²) in [6.45, 7) is 3.65. The maximum absolute atomic E-state index is 13.5. The molecule has 4 rings (SSSR count). The summed E-state index contributed by atoms with van der Waals surface area (Å²) in [5.74, 6) is 0.127. The number of benzene rings is 2. The van der Waals surface area contributed by atoms with Crippen molar-refractivity contribution in [1.82, 2.24) is 4.57 Å². The minimum atomic E-state index is -0.721. The van der Waals surface area contributed by atoms with Crippen molar-refractivity contribution in [2.45, 2.75) is 19.9 Å². The Hall–Kier alpha value is -3.36. The number of nitrogens with zero attached hydrogens (tertiary/aromatic N) is 2. The number of hydrogen-bond donors (Lipinski definition) is 1. The van der Waals surface area contributed by atoms with Crippen LogP contribution in [0.1, 0.15) is 31.0 Å². The highest BCUT2D eigenvalue weighted by Gasteiger charge is 2.33. The molecule has 3 aromatic rings. The molecule has 2 heterocycles. The van der Waals surface area contributed by atoms with E-state index in [-0.39, 0.29) is 17.9 Å². The molecule has 0 fully saturated rings. The van der Waals surface area contributed by atoms with Gasteiger partial charge in [-0.2, -0.15) is 0 Å². The fraction of sp³-hybridized carbons (Fsp3) is 0.208. The van der Waals surface area contributed by atoms with E-state index in [2.05, 4.69) is 4.99 Å². The third kappa shape index (κ3) is 4.31. The van der Waals surface area contributed by atoms with Crippen LogP contribution in [0.5, 0.6) is 11.5 Å². The zero-order chi connectivity index (χ0) is 23.7. The molecule has 1 aromatic heterocycles. The van der Waals surface area contributed by atoms with Gasteiger partial charge in [0.05, 0.1) is 35.6 Å². The number of rotatable bonds is 5. The van der Waals surface area contributed by atoms with Crippen LogP contribution >= 0.6 is 22.9 Å². The number of aromatic nitrogens is 1. The Labute approximate surface area is 198 Å². The van der Waals surface area contributed by atoms with Crippen LogP contribution in [-0.2, 0) is 9.53 Å². The Morgan fingerprint density at radius 1 is 1.27 bits per heavy atom. The van der Waals surface area contributed by atoms with Crippen molar-refractivity contribution in [1.29, 1.82) is 0 Å². The van der Waals surface area contributed by atoms with Gasteiger partial charge in [-0.3, -0.25) is 9.36 Å². The highest BCUT2D eigenvalue weighted by molar-refractivity contribution is 7.07. The number of methoxy groups -OCH3 is 1. The van der Waals surface area contributed by atoms with Crippen LogP contribution in [0.4, 0.5) is 0 Å². The molecule has 33 heavy (non-hydrogen) atoms. The number of hydrogen-bond acceptors (Lipinski definition) is 7. The number of allylic oxidation sites excluding steroid dienone is 1. The first kappa shape index (κ1) is 22.8. The lowest BCUT2D eigenvalue weighted by Crippen LogP contribution is -2.39. The SMILES string of the molecule is CCOC(=O)C1=C(C)N=c2s/c(=C\c3cc(Cl)ccc3O)c(=O)n2[C@@H]1c1ccc(OC)cc1. The van der Waals surface area contributed by atoms with Crippen LogP contribution < -0.4 is 19.6 Å². The summed E-state index contributed by atoms with van der Waals surface area (Å²) in [4.78, 5) is 31.4. The Morgan fingerprint density at radius 3 is 2.67 bits per heavy atom. The van der Waals surface area contributed by atoms with E-state index in [1.807, 2.05) is 0 Å². The summed E-state index contributed by atoms with van der Waals surface area (Å²) >= 11 is 7.23. The van der Waals surface area contributed by atoms with Crippen molar-refractivity contribution in [2.75, 3.05) is 13.7 Å². The first-order chi connectivity index (χ1) is 15.8. The van der Waals surface area contributed by atoms with Gasteiger partial charge < -0.3 is 14.6 Å². The average Bonchev–Trinajstić information content (AvgIpc) is 3.10. The average molecular weight is 485 g/mol. The van der Waals surface area contributed by atoms with Gasteiger partial charge in [0.25, 0.3) is 5.56 Å². The summed E-state index contributed by atoms with van der Waals surface area (Å²) in [7, 11) is 1.57. The molecule has 170 valence electrons. The summed E-state index contributed by atoms with van der Waals surface area (Å²) < 4.78 is 12.4. The normalized spacial score (nSPS) is 15.8. The predicted octanol–water partition coefficient (Wildman–Crippen LogP) is 3.17. The number of halogens is 1. The number of phenolic OH excluding ortho intramolecular Hbond substituents is 1. The Morgan fingerprint density at radius 2 is 2.00 bits per heavy atom. The van der Waals surface area contributed by atoms with Gasteiger partial charge in [-0.25, -0.2) is 9.79 Å². The molecule has 0 bridgehead atoms. The molecule has 0 unspecified atom stereocenters. The summed E-state index contributed by atoms with van der Waals surface area (Å²) in [6, 6.07) is 11.0. The van der Waals surface area contributed by atoms with Crippen LogP contribution in [0.2, 0.25) is 5.02 Å². The fourth-order valence-electron chi connectivity index (χ4n) is 3.68. The van der Waals surface area contributed by atoms with E-state index in [4.69, 9.17) is 21.1 Å². The first-order valence-electron chi connectivity index (χ1n) is 10.2. The molecule has 1 N–H and O–H groups in total. The van der Waals surface area contributed by atoms with E-state index < -0.39 is 12.0 Å². The Balaban J connectivity index is 1.96. The Bertz CT molecular complexity index is 1440. The van der Waals surface area contributed by atoms with Crippen LogP contribution in [0.25, 0.3) is 6.08 Å². The van der Waals surface area contributed by atoms with E-state index in [1.165, 1.54) is 22.0 Å². The number of ether oxygens (including phenoxy) is 2. The van der Waals surface area contributed by atoms with Crippen molar-refractivity contribution >= 4 is 35.0 Å². The van der Waals surface area contributed by atoms with Gasteiger partial charge in [-0.05, 0) is 55.8 Å². The molecule has 1 aliphatic heterocycles. The zero-order valence-corrected chi connectivity index (χ0v) is 19.7. The summed E-state index contributed by atoms with van der Waals surface area (Å²) in [6.07, 6.45) is 1.57. The molecule has 7 nitrogen and oxygen atoms in total. The van der Waals surface area contributed by atoms with E-state index in [0.29, 0.717) is 42.5 Å². The van der Waals surface area contributed by atoms with Gasteiger partial charge in [-0.15, -0.1) is 0 Å². The predicted molar refractivity (Wildman–Crippen MR) is 127 cm³/mol.